The van der Waals surface area contributed by atoms with Crippen molar-refractivity contribution in [3.63, 3.8) is 0 Å². The Balaban J connectivity index is 1.44. The third-order valence-corrected chi connectivity index (χ3v) is 9.02. The van der Waals surface area contributed by atoms with Crippen LogP contribution in [0.3, 0.4) is 0 Å². The average Bonchev–Trinajstić information content (AvgIpc) is 3.34. The number of imidazole rings is 1. The molecule has 0 radical (unpaired) electrons. The highest BCUT2D eigenvalue weighted by atomic mass is 79.9. The molecule has 2 N–H and O–H groups in total. The van der Waals surface area contributed by atoms with Gasteiger partial charge in [0.2, 0.25) is 5.95 Å². The van der Waals surface area contributed by atoms with E-state index in [0.717, 1.165) is 54.8 Å². The van der Waals surface area contributed by atoms with Crippen LogP contribution in [0.2, 0.25) is 0 Å². The minimum atomic E-state index is -1.38. The first-order chi connectivity index (χ1) is 14.8. The summed E-state index contributed by atoms with van der Waals surface area (Å²) < 4.78 is 14.7. The minimum absolute atomic E-state index is 0.118. The van der Waals surface area contributed by atoms with Crippen molar-refractivity contribution in [2.75, 3.05) is 18.0 Å². The Hall–Kier alpha value is -1.84. The Bertz CT molecular complexity index is 1150. The molecule has 1 aliphatic heterocycles. The lowest BCUT2D eigenvalue weighted by Crippen LogP contribution is -2.45. The number of nitrogens with two attached hydrogens (primary N) is 1. The van der Waals surface area contributed by atoms with E-state index in [1.165, 1.54) is 11.3 Å². The second-order valence-electron chi connectivity index (χ2n) is 9.41. The van der Waals surface area contributed by atoms with Crippen molar-refractivity contribution >= 4 is 38.5 Å². The van der Waals surface area contributed by atoms with Crippen molar-refractivity contribution < 1.29 is 4.21 Å². The molecule has 0 bridgehead atoms. The van der Waals surface area contributed by atoms with Crippen LogP contribution < -0.4 is 10.0 Å². The first-order valence-electron chi connectivity index (χ1n) is 10.6. The number of nitrogens with zero attached hydrogens (tertiary/aromatic N) is 5. The van der Waals surface area contributed by atoms with E-state index in [1.807, 2.05) is 42.9 Å². The largest absolute Gasteiger partial charge is 0.342 e. The molecule has 31 heavy (non-hydrogen) atoms. The molecule has 0 aromatic carbocycles. The van der Waals surface area contributed by atoms with Gasteiger partial charge in [0.05, 0.1) is 20.2 Å². The Labute approximate surface area is 193 Å². The van der Waals surface area contributed by atoms with Gasteiger partial charge in [-0.15, -0.1) is 0 Å². The molecule has 2 atom stereocenters. The second-order valence-corrected chi connectivity index (χ2v) is 12.0. The van der Waals surface area contributed by atoms with Crippen molar-refractivity contribution in [3.05, 3.63) is 52.7 Å². The Morgan fingerprint density at radius 3 is 2.77 bits per heavy atom. The summed E-state index contributed by atoms with van der Waals surface area (Å²) in [5, 5.41) is 5.87. The number of piperidine rings is 1. The maximum Gasteiger partial charge on any atom is 0.211 e. The first-order valence-corrected chi connectivity index (χ1v) is 12.6. The Morgan fingerprint density at radius 1 is 1.26 bits per heavy atom. The number of aromatic nitrogens is 4. The number of rotatable bonds is 4. The maximum absolute atomic E-state index is 12.2. The number of pyridine rings is 1. The quantitative estimate of drug-likeness (QED) is 0.588. The minimum Gasteiger partial charge on any atom is -0.342 e. The highest BCUT2D eigenvalue weighted by Crippen LogP contribution is 2.56. The highest BCUT2D eigenvalue weighted by Gasteiger charge is 2.50. The predicted molar refractivity (Wildman–Crippen MR) is 126 cm³/mol. The highest BCUT2D eigenvalue weighted by molar-refractivity contribution is 9.10. The number of fused-ring (bicyclic) bond motifs is 2. The van der Waals surface area contributed by atoms with E-state index in [9.17, 15) is 4.21 Å². The number of hydrogen-bond acceptors (Lipinski definition) is 5. The van der Waals surface area contributed by atoms with E-state index in [2.05, 4.69) is 31.9 Å². The van der Waals surface area contributed by atoms with Crippen molar-refractivity contribution in [1.82, 2.24) is 19.4 Å². The van der Waals surface area contributed by atoms with Crippen molar-refractivity contribution in [3.8, 4) is 0 Å². The van der Waals surface area contributed by atoms with Crippen molar-refractivity contribution in [1.29, 1.82) is 0 Å². The first kappa shape index (κ1) is 21.0. The third kappa shape index (κ3) is 3.50. The van der Waals surface area contributed by atoms with Gasteiger partial charge in [-0.3, -0.25) is 14.5 Å². The maximum atomic E-state index is 12.2. The third-order valence-electron chi connectivity index (χ3n) is 7.21. The standard InChI is InChI=1S/C22H27BrN6OS/c1-21(2,31(24)30)12-16-15-4-3-7-25-18(15)13-22(16)5-9-28(10-6-22)20-27-14-17(23)19-26-8-11-29(19)20/h3-4,7-8,11,14,16H,5-6,9-10,12-13,24H2,1-2H3/t16-,31?/m1/s1. The van der Waals surface area contributed by atoms with E-state index in [-0.39, 0.29) is 5.41 Å². The lowest BCUT2D eigenvalue weighted by molar-refractivity contribution is 0.169. The topological polar surface area (TPSA) is 89.4 Å². The molecule has 1 spiro atoms. The van der Waals surface area contributed by atoms with E-state index in [4.69, 9.17) is 15.1 Å². The lowest BCUT2D eigenvalue weighted by atomic mass is 9.67. The van der Waals surface area contributed by atoms with Crippen LogP contribution >= 0.6 is 15.9 Å². The zero-order chi connectivity index (χ0) is 21.8. The summed E-state index contributed by atoms with van der Waals surface area (Å²) in [6, 6.07) is 4.23. The lowest BCUT2D eigenvalue weighted by Gasteiger charge is -2.45. The van der Waals surface area contributed by atoms with Crippen LogP contribution in [0.1, 0.15) is 50.3 Å². The molecule has 4 heterocycles. The summed E-state index contributed by atoms with van der Waals surface area (Å²) in [4.78, 5) is 16.2. The SMILES string of the molecule is CC(C)(C[C@@H]1c2cccnc2CC12CCN(c1ncc(Br)c3nccn13)CC2)S(N)=O. The summed E-state index contributed by atoms with van der Waals surface area (Å²) in [5.74, 6) is 1.24. The zero-order valence-electron chi connectivity index (χ0n) is 17.8. The van der Waals surface area contributed by atoms with Crippen molar-refractivity contribution in [2.45, 2.75) is 50.2 Å². The summed E-state index contributed by atoms with van der Waals surface area (Å²) >= 11 is 3.54. The molecular formula is C22H27BrN6OS. The van der Waals surface area contributed by atoms with Gasteiger partial charge in [-0.1, -0.05) is 6.07 Å². The van der Waals surface area contributed by atoms with Crippen LogP contribution in [-0.2, 0) is 17.4 Å². The molecule has 3 aromatic heterocycles. The van der Waals surface area contributed by atoms with E-state index >= 15 is 0 Å². The fraction of sp³-hybridized carbons (Fsp3) is 0.500. The normalized spacial score (nSPS) is 21.5. The molecule has 5 rings (SSSR count). The van der Waals surface area contributed by atoms with Gasteiger partial charge in [0.25, 0.3) is 0 Å². The van der Waals surface area contributed by atoms with Crippen LogP contribution in [0, 0.1) is 5.41 Å². The molecule has 1 unspecified atom stereocenters. The van der Waals surface area contributed by atoms with Gasteiger partial charge in [0, 0.05) is 43.6 Å². The monoisotopic (exact) mass is 502 g/mol. The van der Waals surface area contributed by atoms with Gasteiger partial charge in [-0.25, -0.2) is 14.2 Å². The summed E-state index contributed by atoms with van der Waals surface area (Å²) in [6.07, 6.45) is 11.3. The van der Waals surface area contributed by atoms with Gasteiger partial charge in [-0.2, -0.15) is 0 Å². The molecule has 1 saturated heterocycles. The number of halogens is 1. The fourth-order valence-electron chi connectivity index (χ4n) is 5.39. The number of anilines is 1. The summed E-state index contributed by atoms with van der Waals surface area (Å²) in [6.45, 7) is 5.86. The van der Waals surface area contributed by atoms with Crippen molar-refractivity contribution in [2.24, 2.45) is 10.6 Å². The van der Waals surface area contributed by atoms with Crippen LogP contribution in [0.4, 0.5) is 5.95 Å². The predicted octanol–water partition coefficient (Wildman–Crippen LogP) is 3.60. The molecule has 0 saturated carbocycles. The molecule has 7 nitrogen and oxygen atoms in total. The molecule has 9 heteroatoms. The van der Waals surface area contributed by atoms with Gasteiger partial charge in [-0.05, 0) is 78.4 Å². The smallest absolute Gasteiger partial charge is 0.211 e. The van der Waals surface area contributed by atoms with Crippen LogP contribution in [0.25, 0.3) is 5.65 Å². The Morgan fingerprint density at radius 2 is 2.03 bits per heavy atom. The number of hydrogen-bond donors (Lipinski definition) is 1. The molecular weight excluding hydrogens is 476 g/mol. The van der Waals surface area contributed by atoms with Gasteiger partial charge in [0.1, 0.15) is 0 Å². The van der Waals surface area contributed by atoms with E-state index in [0.29, 0.717) is 5.92 Å². The summed E-state index contributed by atoms with van der Waals surface area (Å²) in [7, 11) is -1.38. The Kier molecular flexibility index (Phi) is 5.18. The van der Waals surface area contributed by atoms with Gasteiger partial charge >= 0.3 is 0 Å². The van der Waals surface area contributed by atoms with Gasteiger partial charge < -0.3 is 4.90 Å². The van der Waals surface area contributed by atoms with Crippen LogP contribution in [0.15, 0.2) is 41.4 Å². The second kappa shape index (κ2) is 7.64. The summed E-state index contributed by atoms with van der Waals surface area (Å²) in [5.41, 5.74) is 3.51. The van der Waals surface area contributed by atoms with E-state index in [1.54, 1.807) is 6.20 Å². The van der Waals surface area contributed by atoms with Crippen LogP contribution in [0.5, 0.6) is 0 Å². The molecule has 164 valence electrons. The molecule has 2 aliphatic rings. The molecule has 3 aromatic rings. The molecule has 0 amide bonds. The molecule has 1 aliphatic carbocycles. The fourth-order valence-corrected chi connectivity index (χ4v) is 6.12. The van der Waals surface area contributed by atoms with E-state index < -0.39 is 15.7 Å². The molecule has 1 fully saturated rings. The van der Waals surface area contributed by atoms with Crippen LogP contribution in [-0.4, -0.2) is 41.4 Å². The zero-order valence-corrected chi connectivity index (χ0v) is 20.2. The van der Waals surface area contributed by atoms with Gasteiger partial charge in [0.15, 0.2) is 5.65 Å². The average molecular weight is 503 g/mol.